The first kappa shape index (κ1) is 13.0. The van der Waals surface area contributed by atoms with Gasteiger partial charge in [-0.2, -0.15) is 0 Å². The maximum Gasteiger partial charge on any atom is 0.349 e. The van der Waals surface area contributed by atoms with E-state index in [1.54, 1.807) is 30.3 Å². The molecule has 98 valence electrons. The molecule has 0 amide bonds. The summed E-state index contributed by atoms with van der Waals surface area (Å²) in [6.45, 7) is 0. The van der Waals surface area contributed by atoms with Crippen LogP contribution >= 0.6 is 0 Å². The number of carboxylic acids is 1. The summed E-state index contributed by atoms with van der Waals surface area (Å²) >= 11 is 0. The molecule has 1 N–H and O–H groups in total. The molecule has 0 aliphatic heterocycles. The van der Waals surface area contributed by atoms with E-state index in [2.05, 4.69) is 0 Å². The summed E-state index contributed by atoms with van der Waals surface area (Å²) in [4.78, 5) is 11.2. The second-order valence-electron chi connectivity index (χ2n) is 3.82. The molecule has 0 heterocycles. The van der Waals surface area contributed by atoms with Crippen LogP contribution in [0.2, 0.25) is 0 Å². The van der Waals surface area contributed by atoms with Gasteiger partial charge in [-0.3, -0.25) is 0 Å². The maximum absolute atomic E-state index is 13.0. The van der Waals surface area contributed by atoms with Crippen molar-refractivity contribution in [3.8, 4) is 5.75 Å². The zero-order chi connectivity index (χ0) is 13.8. The predicted molar refractivity (Wildman–Crippen MR) is 63.8 cm³/mol. The zero-order valence-electron chi connectivity index (χ0n) is 9.72. The second-order valence-corrected chi connectivity index (χ2v) is 3.82. The Labute approximate surface area is 108 Å². The monoisotopic (exact) mass is 264 g/mol. The molecule has 0 unspecified atom stereocenters. The summed E-state index contributed by atoms with van der Waals surface area (Å²) in [5, 5.41) is 9.12. The van der Waals surface area contributed by atoms with Crippen LogP contribution in [0.1, 0.15) is 11.7 Å². The van der Waals surface area contributed by atoms with Crippen LogP contribution in [0.5, 0.6) is 5.75 Å². The first-order chi connectivity index (χ1) is 9.08. The molecule has 2 rings (SSSR count). The van der Waals surface area contributed by atoms with Gasteiger partial charge in [-0.1, -0.05) is 30.3 Å². The zero-order valence-corrected chi connectivity index (χ0v) is 9.72. The van der Waals surface area contributed by atoms with Gasteiger partial charge in [0.2, 0.25) is 6.10 Å². The van der Waals surface area contributed by atoms with Crippen LogP contribution in [0.3, 0.4) is 0 Å². The van der Waals surface area contributed by atoms with Gasteiger partial charge >= 0.3 is 5.97 Å². The van der Waals surface area contributed by atoms with Crippen LogP contribution in [-0.2, 0) is 4.79 Å². The molecule has 0 aliphatic rings. The molecule has 0 spiro atoms. The average molecular weight is 264 g/mol. The molecule has 0 fully saturated rings. The van der Waals surface area contributed by atoms with Crippen molar-refractivity contribution in [1.82, 2.24) is 0 Å². The number of ether oxygens (including phenoxy) is 1. The topological polar surface area (TPSA) is 46.5 Å². The van der Waals surface area contributed by atoms with Crippen molar-refractivity contribution >= 4 is 5.97 Å². The van der Waals surface area contributed by atoms with Gasteiger partial charge in [0, 0.05) is 11.6 Å². The van der Waals surface area contributed by atoms with E-state index in [0.29, 0.717) is 5.56 Å². The van der Waals surface area contributed by atoms with Crippen molar-refractivity contribution in [3.63, 3.8) is 0 Å². The summed E-state index contributed by atoms with van der Waals surface area (Å²) < 4.78 is 31.0. The van der Waals surface area contributed by atoms with Gasteiger partial charge in [0.05, 0.1) is 0 Å². The lowest BCUT2D eigenvalue weighted by molar-refractivity contribution is -0.145. The Kier molecular flexibility index (Phi) is 3.75. The molecular weight excluding hydrogens is 254 g/mol. The fraction of sp³-hybridized carbons (Fsp3) is 0.0714. The largest absolute Gasteiger partial charge is 0.478 e. The van der Waals surface area contributed by atoms with E-state index < -0.39 is 23.7 Å². The van der Waals surface area contributed by atoms with E-state index in [4.69, 9.17) is 9.84 Å². The summed E-state index contributed by atoms with van der Waals surface area (Å²) in [6, 6.07) is 11.1. The Morgan fingerprint density at radius 1 is 1.05 bits per heavy atom. The third-order valence-corrected chi connectivity index (χ3v) is 2.47. The molecule has 3 nitrogen and oxygen atoms in total. The number of carboxylic acid groups (broad SMARTS) is 1. The quantitative estimate of drug-likeness (QED) is 0.922. The minimum Gasteiger partial charge on any atom is -0.478 e. The smallest absolute Gasteiger partial charge is 0.349 e. The number of halogens is 2. The number of hydrogen-bond donors (Lipinski definition) is 1. The number of benzene rings is 2. The van der Waals surface area contributed by atoms with Crippen LogP contribution in [0.15, 0.2) is 48.5 Å². The van der Waals surface area contributed by atoms with Gasteiger partial charge < -0.3 is 9.84 Å². The maximum atomic E-state index is 13.0. The summed E-state index contributed by atoms with van der Waals surface area (Å²) in [5.41, 5.74) is 0.416. The molecular formula is C14H10F2O3. The van der Waals surface area contributed by atoms with Crippen LogP contribution < -0.4 is 4.74 Å². The van der Waals surface area contributed by atoms with Gasteiger partial charge in [-0.25, -0.2) is 13.6 Å². The Bertz CT molecular complexity index is 584. The van der Waals surface area contributed by atoms with Crippen molar-refractivity contribution in [1.29, 1.82) is 0 Å². The van der Waals surface area contributed by atoms with E-state index in [1.807, 2.05) is 0 Å². The van der Waals surface area contributed by atoms with Crippen LogP contribution in [-0.4, -0.2) is 11.1 Å². The minimum absolute atomic E-state index is 0.0462. The van der Waals surface area contributed by atoms with Crippen molar-refractivity contribution in [3.05, 3.63) is 65.7 Å². The highest BCUT2D eigenvalue weighted by molar-refractivity contribution is 5.74. The highest BCUT2D eigenvalue weighted by Crippen LogP contribution is 2.23. The molecule has 0 aliphatic carbocycles. The SMILES string of the molecule is O=C(O)[C@H](Oc1ccc(F)c(F)c1)c1ccccc1. The number of carbonyl (C=O) groups is 1. The van der Waals surface area contributed by atoms with Gasteiger partial charge in [-0.05, 0) is 12.1 Å². The van der Waals surface area contributed by atoms with Crippen molar-refractivity contribution in [2.75, 3.05) is 0 Å². The van der Waals surface area contributed by atoms with E-state index in [0.717, 1.165) is 12.1 Å². The van der Waals surface area contributed by atoms with E-state index >= 15 is 0 Å². The van der Waals surface area contributed by atoms with Crippen LogP contribution in [0, 0.1) is 11.6 Å². The molecule has 0 aromatic heterocycles. The fourth-order valence-electron chi connectivity index (χ4n) is 1.58. The normalized spacial score (nSPS) is 11.9. The van der Waals surface area contributed by atoms with E-state index in [-0.39, 0.29) is 5.75 Å². The van der Waals surface area contributed by atoms with Crippen LogP contribution in [0.4, 0.5) is 8.78 Å². The third kappa shape index (κ3) is 3.07. The van der Waals surface area contributed by atoms with Crippen LogP contribution in [0.25, 0.3) is 0 Å². The molecule has 0 saturated heterocycles. The standard InChI is InChI=1S/C14H10F2O3/c15-11-7-6-10(8-12(11)16)19-13(14(17)18)9-4-2-1-3-5-9/h1-8,13H,(H,17,18)/t13-/m1/s1. The molecule has 0 saturated carbocycles. The predicted octanol–water partition coefficient (Wildman–Crippen LogP) is 3.17. The molecule has 19 heavy (non-hydrogen) atoms. The molecule has 0 bridgehead atoms. The van der Waals surface area contributed by atoms with E-state index in [1.165, 1.54) is 6.07 Å². The van der Waals surface area contributed by atoms with Gasteiger partial charge in [0.25, 0.3) is 0 Å². The van der Waals surface area contributed by atoms with Crippen molar-refractivity contribution in [2.24, 2.45) is 0 Å². The molecule has 1 atom stereocenters. The molecule has 2 aromatic carbocycles. The van der Waals surface area contributed by atoms with Crippen molar-refractivity contribution in [2.45, 2.75) is 6.10 Å². The van der Waals surface area contributed by atoms with Gasteiger partial charge in [-0.15, -0.1) is 0 Å². The lowest BCUT2D eigenvalue weighted by Crippen LogP contribution is -2.18. The second kappa shape index (κ2) is 5.48. The first-order valence-corrected chi connectivity index (χ1v) is 5.47. The Morgan fingerprint density at radius 2 is 1.74 bits per heavy atom. The lowest BCUT2D eigenvalue weighted by atomic mass is 10.1. The van der Waals surface area contributed by atoms with Crippen molar-refractivity contribution < 1.29 is 23.4 Å². The highest BCUT2D eigenvalue weighted by Gasteiger charge is 2.22. The summed E-state index contributed by atoms with van der Waals surface area (Å²) in [5.74, 6) is -3.36. The van der Waals surface area contributed by atoms with Gasteiger partial charge in [0.1, 0.15) is 5.75 Å². The third-order valence-electron chi connectivity index (χ3n) is 2.47. The van der Waals surface area contributed by atoms with E-state index in [9.17, 15) is 13.6 Å². The summed E-state index contributed by atoms with van der Waals surface area (Å²) in [7, 11) is 0. The highest BCUT2D eigenvalue weighted by atomic mass is 19.2. The molecule has 2 aromatic rings. The number of aliphatic carboxylic acids is 1. The number of rotatable bonds is 4. The fourth-order valence-corrected chi connectivity index (χ4v) is 1.58. The first-order valence-electron chi connectivity index (χ1n) is 5.47. The minimum atomic E-state index is -1.27. The average Bonchev–Trinajstić information content (AvgIpc) is 2.40. The Balaban J connectivity index is 2.27. The Morgan fingerprint density at radius 3 is 2.32 bits per heavy atom. The molecule has 5 heteroatoms. The number of hydrogen-bond acceptors (Lipinski definition) is 2. The molecule has 0 radical (unpaired) electrons. The lowest BCUT2D eigenvalue weighted by Gasteiger charge is -2.15. The van der Waals surface area contributed by atoms with Gasteiger partial charge in [0.15, 0.2) is 11.6 Å². The Hall–Kier alpha value is -2.43. The summed E-state index contributed by atoms with van der Waals surface area (Å²) in [6.07, 6.45) is -1.27.